The number of carbonyl (C=O) groups excluding carboxylic acids is 1. The summed E-state index contributed by atoms with van der Waals surface area (Å²) in [7, 11) is 0. The Morgan fingerprint density at radius 1 is 1.02 bits per heavy atom. The zero-order valence-corrected chi connectivity index (χ0v) is 23.2. The van der Waals surface area contributed by atoms with Crippen molar-refractivity contribution in [2.75, 3.05) is 6.61 Å². The number of aromatic nitrogens is 6. The normalized spacial score (nSPS) is 12.2. The van der Waals surface area contributed by atoms with Gasteiger partial charge < -0.3 is 10.1 Å². The lowest BCUT2D eigenvalue weighted by atomic mass is 10.0. The van der Waals surface area contributed by atoms with Crippen molar-refractivity contribution in [3.63, 3.8) is 0 Å². The van der Waals surface area contributed by atoms with Gasteiger partial charge in [0.2, 0.25) is 0 Å². The molecule has 0 radical (unpaired) electrons. The smallest absolute Gasteiger partial charge is 0.375 e. The van der Waals surface area contributed by atoms with Gasteiger partial charge in [-0.25, -0.2) is 9.07 Å². The Morgan fingerprint density at radius 2 is 1.82 bits per heavy atom. The lowest BCUT2D eigenvalue weighted by molar-refractivity contribution is -0.140. The minimum atomic E-state index is -4.90. The summed E-state index contributed by atoms with van der Waals surface area (Å²) in [5.74, 6) is -2.31. The van der Waals surface area contributed by atoms with Crippen LogP contribution in [0.1, 0.15) is 40.1 Å². The fourth-order valence-corrected chi connectivity index (χ4v) is 4.41. The van der Waals surface area contributed by atoms with E-state index in [-0.39, 0.29) is 16.9 Å². The van der Waals surface area contributed by atoms with E-state index in [1.807, 2.05) is 30.3 Å². The monoisotopic (exact) mass is 607 g/mol. The summed E-state index contributed by atoms with van der Waals surface area (Å²) in [6.45, 7) is 2.53. The van der Waals surface area contributed by atoms with E-state index in [9.17, 15) is 27.2 Å². The van der Waals surface area contributed by atoms with Gasteiger partial charge in [-0.2, -0.15) is 23.0 Å². The van der Waals surface area contributed by atoms with Crippen molar-refractivity contribution in [3.05, 3.63) is 124 Å². The zero-order valence-electron chi connectivity index (χ0n) is 23.2. The number of hydrogen-bond acceptors (Lipinski definition) is 7. The number of alkyl halides is 3. The molecular formula is C30H25F4N7O3. The number of amides is 1. The summed E-state index contributed by atoms with van der Waals surface area (Å²) in [5, 5.41) is 14.6. The molecule has 3 heterocycles. The van der Waals surface area contributed by atoms with Crippen LogP contribution in [0.2, 0.25) is 0 Å². The quantitative estimate of drug-likeness (QED) is 0.180. The molecule has 0 spiro atoms. The molecule has 10 nitrogen and oxygen atoms in total. The maximum absolute atomic E-state index is 14.6. The van der Waals surface area contributed by atoms with Crippen molar-refractivity contribution >= 4 is 5.91 Å². The van der Waals surface area contributed by atoms with Crippen LogP contribution in [0, 0.1) is 5.82 Å². The van der Waals surface area contributed by atoms with Crippen LogP contribution >= 0.6 is 0 Å². The Bertz CT molecular complexity index is 1820. The topological polar surface area (TPSA) is 117 Å². The SMILES string of the molecule is C[C@@H](NC(=O)c1ccc(=O)n(-c2cncc(-c3cnnn3CCOCc3ccccc3)c2)n1)c1cccc(C(F)(F)F)c1F. The maximum atomic E-state index is 14.6. The number of carbonyl (C=O) groups is 1. The first-order valence-electron chi connectivity index (χ1n) is 13.3. The second-order valence-electron chi connectivity index (χ2n) is 9.68. The van der Waals surface area contributed by atoms with Gasteiger partial charge in [0.05, 0.1) is 55.1 Å². The second-order valence-corrected chi connectivity index (χ2v) is 9.68. The number of rotatable bonds is 10. The predicted molar refractivity (Wildman–Crippen MR) is 150 cm³/mol. The van der Waals surface area contributed by atoms with Crippen molar-refractivity contribution in [2.24, 2.45) is 0 Å². The summed E-state index contributed by atoms with van der Waals surface area (Å²) in [6.07, 6.45) is -0.437. The highest BCUT2D eigenvalue weighted by molar-refractivity contribution is 5.92. The molecule has 226 valence electrons. The highest BCUT2D eigenvalue weighted by Crippen LogP contribution is 2.34. The average molecular weight is 608 g/mol. The summed E-state index contributed by atoms with van der Waals surface area (Å²) in [5.41, 5.74) is -0.161. The Kier molecular flexibility index (Phi) is 8.90. The van der Waals surface area contributed by atoms with Crippen molar-refractivity contribution in [2.45, 2.75) is 32.3 Å². The molecule has 0 aliphatic heterocycles. The van der Waals surface area contributed by atoms with Crippen LogP contribution in [-0.2, 0) is 24.1 Å². The summed E-state index contributed by atoms with van der Waals surface area (Å²) in [4.78, 5) is 29.9. The summed E-state index contributed by atoms with van der Waals surface area (Å²) >= 11 is 0. The molecule has 1 N–H and O–H groups in total. The minimum Gasteiger partial charge on any atom is -0.375 e. The molecule has 0 bridgehead atoms. The lowest BCUT2D eigenvalue weighted by Gasteiger charge is -2.17. The standard InChI is InChI=1S/C30H25F4N7O3/c1-19(23-8-5-9-24(28(23)31)30(32,33)34)37-29(43)25-10-11-27(42)41(38-25)22-14-21(15-35-16-22)26-17-36-39-40(26)12-13-44-18-20-6-3-2-4-7-20/h2-11,14-17,19H,12-13,18H2,1H3,(H,37,43)/t19-/m1/s1. The fraction of sp³-hybridized carbons (Fsp3) is 0.200. The minimum absolute atomic E-state index is 0.225. The lowest BCUT2D eigenvalue weighted by Crippen LogP contribution is -2.31. The molecule has 1 amide bonds. The van der Waals surface area contributed by atoms with E-state index in [1.165, 1.54) is 19.3 Å². The molecule has 5 rings (SSSR count). The molecule has 0 unspecified atom stereocenters. The Labute approximate surface area is 247 Å². The number of hydrogen-bond donors (Lipinski definition) is 1. The molecule has 44 heavy (non-hydrogen) atoms. The summed E-state index contributed by atoms with van der Waals surface area (Å²) in [6, 6.07) is 15.3. The molecular weight excluding hydrogens is 582 g/mol. The Morgan fingerprint density at radius 3 is 2.59 bits per heavy atom. The van der Waals surface area contributed by atoms with Crippen LogP contribution in [0.25, 0.3) is 16.9 Å². The van der Waals surface area contributed by atoms with Crippen LogP contribution in [-0.4, -0.2) is 42.3 Å². The van der Waals surface area contributed by atoms with Crippen LogP contribution in [0.15, 0.2) is 90.1 Å². The third kappa shape index (κ3) is 6.86. The largest absolute Gasteiger partial charge is 0.419 e. The fourth-order valence-electron chi connectivity index (χ4n) is 4.41. The van der Waals surface area contributed by atoms with E-state index in [2.05, 4.69) is 25.7 Å². The van der Waals surface area contributed by atoms with E-state index < -0.39 is 35.1 Å². The molecule has 0 saturated carbocycles. The van der Waals surface area contributed by atoms with Crippen molar-refractivity contribution in [3.8, 4) is 16.9 Å². The first kappa shape index (κ1) is 30.2. The Balaban J connectivity index is 1.31. The molecule has 1 atom stereocenters. The molecule has 0 saturated heterocycles. The van der Waals surface area contributed by atoms with Crippen molar-refractivity contribution < 1.29 is 27.1 Å². The Hall–Kier alpha value is -5.24. The van der Waals surface area contributed by atoms with Gasteiger partial charge in [-0.3, -0.25) is 14.6 Å². The number of nitrogens with zero attached hydrogens (tertiary/aromatic N) is 6. The van der Waals surface area contributed by atoms with E-state index >= 15 is 0 Å². The number of ether oxygens (including phenoxy) is 1. The van der Waals surface area contributed by atoms with E-state index in [1.54, 1.807) is 16.9 Å². The van der Waals surface area contributed by atoms with E-state index in [4.69, 9.17) is 4.74 Å². The second kappa shape index (κ2) is 13.0. The van der Waals surface area contributed by atoms with Gasteiger partial charge >= 0.3 is 6.18 Å². The van der Waals surface area contributed by atoms with Gasteiger partial charge in [-0.05, 0) is 30.7 Å². The van der Waals surface area contributed by atoms with Crippen molar-refractivity contribution in [1.82, 2.24) is 35.1 Å². The van der Waals surface area contributed by atoms with Gasteiger partial charge in [-0.15, -0.1) is 5.10 Å². The first-order chi connectivity index (χ1) is 21.1. The van der Waals surface area contributed by atoms with Crippen LogP contribution < -0.4 is 10.9 Å². The van der Waals surface area contributed by atoms with Gasteiger partial charge in [0.25, 0.3) is 11.5 Å². The first-order valence-corrected chi connectivity index (χ1v) is 13.3. The molecule has 0 fully saturated rings. The van der Waals surface area contributed by atoms with Gasteiger partial charge in [0.15, 0.2) is 0 Å². The molecule has 3 aromatic heterocycles. The number of nitrogens with one attached hydrogen (secondary N) is 1. The van der Waals surface area contributed by atoms with Crippen molar-refractivity contribution in [1.29, 1.82) is 0 Å². The molecule has 5 aromatic rings. The van der Waals surface area contributed by atoms with E-state index in [0.29, 0.717) is 37.1 Å². The number of pyridine rings is 1. The van der Waals surface area contributed by atoms with Gasteiger partial charge in [-0.1, -0.05) is 47.7 Å². The highest BCUT2D eigenvalue weighted by atomic mass is 19.4. The maximum Gasteiger partial charge on any atom is 0.419 e. The zero-order chi connectivity index (χ0) is 31.3. The molecule has 2 aromatic carbocycles. The van der Waals surface area contributed by atoms with Gasteiger partial charge in [0, 0.05) is 23.4 Å². The van der Waals surface area contributed by atoms with Gasteiger partial charge in [0.1, 0.15) is 11.5 Å². The third-order valence-electron chi connectivity index (χ3n) is 6.62. The molecule has 0 aliphatic carbocycles. The molecule has 0 aliphatic rings. The number of benzene rings is 2. The van der Waals surface area contributed by atoms with Crippen LogP contribution in [0.4, 0.5) is 17.6 Å². The van der Waals surface area contributed by atoms with Crippen LogP contribution in [0.3, 0.4) is 0 Å². The summed E-state index contributed by atoms with van der Waals surface area (Å²) < 4.78 is 62.3. The van der Waals surface area contributed by atoms with Crippen LogP contribution in [0.5, 0.6) is 0 Å². The number of halogens is 4. The van der Waals surface area contributed by atoms with E-state index in [0.717, 1.165) is 34.5 Å². The average Bonchev–Trinajstić information content (AvgIpc) is 3.48. The third-order valence-corrected chi connectivity index (χ3v) is 6.62. The predicted octanol–water partition coefficient (Wildman–Crippen LogP) is 4.75. The molecule has 14 heteroatoms. The highest BCUT2D eigenvalue weighted by Gasteiger charge is 2.35.